The van der Waals surface area contributed by atoms with Crippen LogP contribution >= 0.6 is 11.6 Å². The molecule has 1 aromatic rings. The van der Waals surface area contributed by atoms with Gasteiger partial charge in [-0.1, -0.05) is 24.1 Å². The molecule has 0 spiro atoms. The van der Waals surface area contributed by atoms with Gasteiger partial charge in [-0.15, -0.1) is 0 Å². The molecule has 3 rings (SSSR count). The van der Waals surface area contributed by atoms with Gasteiger partial charge >= 0.3 is 0 Å². The van der Waals surface area contributed by atoms with Crippen LogP contribution in [0, 0.1) is 6.92 Å². The Balaban J connectivity index is 1.58. The van der Waals surface area contributed by atoms with Crippen molar-refractivity contribution in [3.63, 3.8) is 0 Å². The van der Waals surface area contributed by atoms with E-state index in [2.05, 4.69) is 16.0 Å². The maximum Gasteiger partial charge on any atom is 0.279 e. The Kier molecular flexibility index (Phi) is 4.87. The van der Waals surface area contributed by atoms with Crippen LogP contribution in [-0.2, 0) is 9.59 Å². The Morgan fingerprint density at radius 3 is 2.96 bits per heavy atom. The molecule has 1 aliphatic carbocycles. The number of benzene rings is 1. The third-order valence-electron chi connectivity index (χ3n) is 4.82. The van der Waals surface area contributed by atoms with Crippen molar-refractivity contribution < 1.29 is 14.9 Å². The molecule has 1 heterocycles. The number of nitrogens with two attached hydrogens (primary N) is 1. The van der Waals surface area contributed by atoms with E-state index in [9.17, 15) is 9.59 Å². The summed E-state index contributed by atoms with van der Waals surface area (Å²) >= 11 is 6.07. The fourth-order valence-electron chi connectivity index (χ4n) is 3.49. The van der Waals surface area contributed by atoms with Crippen molar-refractivity contribution in [3.05, 3.63) is 28.8 Å². The molecule has 2 aliphatic rings. The van der Waals surface area contributed by atoms with Crippen LogP contribution in [0.3, 0.4) is 0 Å². The smallest absolute Gasteiger partial charge is 0.279 e. The highest BCUT2D eigenvalue weighted by Gasteiger charge is 2.40. The predicted octanol–water partition coefficient (Wildman–Crippen LogP) is 1.35. The summed E-state index contributed by atoms with van der Waals surface area (Å²) in [5, 5.41) is 8.62. The molecule has 1 aromatic carbocycles. The SMILES string of the molecule is Cc1ccc(NC(=O)C[C@@H]2[NH2+][C@H]3CCCC[C@@H]3NC2=O)cc1Cl. The van der Waals surface area contributed by atoms with Crippen molar-refractivity contribution in [2.24, 2.45) is 0 Å². The lowest BCUT2D eigenvalue weighted by atomic mass is 9.87. The minimum Gasteiger partial charge on any atom is -0.342 e. The number of quaternary nitrogens is 1. The average Bonchev–Trinajstić information content (AvgIpc) is 2.51. The van der Waals surface area contributed by atoms with Gasteiger partial charge in [0.05, 0.1) is 12.5 Å². The van der Waals surface area contributed by atoms with Crippen molar-refractivity contribution in [2.45, 2.75) is 57.2 Å². The predicted molar refractivity (Wildman–Crippen MR) is 89.3 cm³/mol. The standard InChI is InChI=1S/C17H22ClN3O2/c1-10-6-7-11(8-12(10)18)19-16(22)9-15-17(23)21-14-5-3-2-4-13(14)20-15/h6-8,13-15,20H,2-5,9H2,1H3,(H,19,22)(H,21,23)/p+1/t13-,14-,15-/m0/s1. The number of carbonyl (C=O) groups is 2. The van der Waals surface area contributed by atoms with E-state index < -0.39 is 0 Å². The van der Waals surface area contributed by atoms with E-state index in [4.69, 9.17) is 11.6 Å². The fraction of sp³-hybridized carbons (Fsp3) is 0.529. The first-order valence-electron chi connectivity index (χ1n) is 8.24. The van der Waals surface area contributed by atoms with Gasteiger partial charge in [0.25, 0.3) is 5.91 Å². The number of nitrogens with one attached hydrogen (secondary N) is 2. The van der Waals surface area contributed by atoms with Gasteiger partial charge in [0.15, 0.2) is 6.04 Å². The summed E-state index contributed by atoms with van der Waals surface area (Å²) in [4.78, 5) is 24.4. The first kappa shape index (κ1) is 16.3. The van der Waals surface area contributed by atoms with E-state index >= 15 is 0 Å². The molecule has 2 fully saturated rings. The molecule has 1 aliphatic heterocycles. The van der Waals surface area contributed by atoms with Gasteiger partial charge in [-0.3, -0.25) is 9.59 Å². The summed E-state index contributed by atoms with van der Waals surface area (Å²) in [6, 6.07) is 5.76. The van der Waals surface area contributed by atoms with Crippen LogP contribution in [0.5, 0.6) is 0 Å². The fourth-order valence-corrected chi connectivity index (χ4v) is 3.67. The van der Waals surface area contributed by atoms with Gasteiger partial charge in [0, 0.05) is 17.1 Å². The van der Waals surface area contributed by atoms with Crippen LogP contribution < -0.4 is 16.0 Å². The van der Waals surface area contributed by atoms with Crippen LogP contribution in [0.25, 0.3) is 0 Å². The number of piperazine rings is 1. The summed E-state index contributed by atoms with van der Waals surface area (Å²) in [5.74, 6) is -0.180. The molecule has 0 unspecified atom stereocenters. The number of amides is 2. The number of hydrogen-bond donors (Lipinski definition) is 3. The van der Waals surface area contributed by atoms with Crippen LogP contribution in [0.4, 0.5) is 5.69 Å². The van der Waals surface area contributed by atoms with Gasteiger partial charge in [-0.05, 0) is 37.5 Å². The monoisotopic (exact) mass is 336 g/mol. The Morgan fingerprint density at radius 1 is 1.39 bits per heavy atom. The number of aryl methyl sites for hydroxylation is 1. The van der Waals surface area contributed by atoms with E-state index in [-0.39, 0.29) is 30.3 Å². The Hall–Kier alpha value is -1.59. The lowest BCUT2D eigenvalue weighted by Gasteiger charge is -2.37. The minimum absolute atomic E-state index is 0.0229. The van der Waals surface area contributed by atoms with Gasteiger partial charge in [0.2, 0.25) is 5.91 Å². The number of hydrogen-bond acceptors (Lipinski definition) is 2. The van der Waals surface area contributed by atoms with Crippen LogP contribution in [0.2, 0.25) is 5.02 Å². The number of fused-ring (bicyclic) bond motifs is 1. The summed E-state index contributed by atoms with van der Waals surface area (Å²) in [7, 11) is 0. The number of rotatable bonds is 3. The summed E-state index contributed by atoms with van der Waals surface area (Å²) in [6.45, 7) is 1.91. The van der Waals surface area contributed by atoms with Gasteiger partial charge in [0.1, 0.15) is 6.04 Å². The molecule has 2 amide bonds. The third-order valence-corrected chi connectivity index (χ3v) is 5.23. The van der Waals surface area contributed by atoms with E-state index in [1.807, 2.05) is 19.1 Å². The zero-order valence-corrected chi connectivity index (χ0v) is 14.0. The highest BCUT2D eigenvalue weighted by molar-refractivity contribution is 6.31. The zero-order valence-electron chi connectivity index (χ0n) is 13.3. The molecule has 0 bridgehead atoms. The van der Waals surface area contributed by atoms with Gasteiger partial charge < -0.3 is 16.0 Å². The van der Waals surface area contributed by atoms with Crippen molar-refractivity contribution in [1.82, 2.24) is 5.32 Å². The Labute approximate surface area is 141 Å². The molecular weight excluding hydrogens is 314 g/mol. The number of halogens is 1. The normalized spacial score (nSPS) is 27.0. The molecule has 124 valence electrons. The van der Waals surface area contributed by atoms with Crippen molar-refractivity contribution in [3.8, 4) is 0 Å². The molecule has 23 heavy (non-hydrogen) atoms. The number of anilines is 1. The lowest BCUT2D eigenvalue weighted by molar-refractivity contribution is -0.718. The molecule has 1 saturated carbocycles. The summed E-state index contributed by atoms with van der Waals surface area (Å²) in [6.07, 6.45) is 4.72. The number of carbonyl (C=O) groups excluding carboxylic acids is 2. The van der Waals surface area contributed by atoms with Gasteiger partial charge in [-0.25, -0.2) is 0 Å². The van der Waals surface area contributed by atoms with Gasteiger partial charge in [-0.2, -0.15) is 0 Å². The zero-order chi connectivity index (χ0) is 16.4. The molecule has 3 atom stereocenters. The highest BCUT2D eigenvalue weighted by Crippen LogP contribution is 2.21. The van der Waals surface area contributed by atoms with Crippen molar-refractivity contribution in [1.29, 1.82) is 0 Å². The summed E-state index contributed by atoms with van der Waals surface area (Å²) < 4.78 is 0. The van der Waals surface area contributed by atoms with Crippen LogP contribution in [0.15, 0.2) is 18.2 Å². The molecule has 5 nitrogen and oxygen atoms in total. The molecule has 0 aromatic heterocycles. The summed E-state index contributed by atoms with van der Waals surface area (Å²) in [5.41, 5.74) is 1.63. The third kappa shape index (κ3) is 3.85. The quantitative estimate of drug-likeness (QED) is 0.779. The van der Waals surface area contributed by atoms with E-state index in [0.29, 0.717) is 16.8 Å². The average molecular weight is 337 g/mol. The maximum absolute atomic E-state index is 12.2. The minimum atomic E-state index is -0.338. The maximum atomic E-state index is 12.2. The Morgan fingerprint density at radius 2 is 2.17 bits per heavy atom. The van der Waals surface area contributed by atoms with Crippen LogP contribution in [-0.4, -0.2) is 29.9 Å². The second kappa shape index (κ2) is 6.89. The largest absolute Gasteiger partial charge is 0.342 e. The first-order chi connectivity index (χ1) is 11.0. The molecule has 4 N–H and O–H groups in total. The van der Waals surface area contributed by atoms with Crippen molar-refractivity contribution >= 4 is 29.1 Å². The molecular formula is C17H23ClN3O2+. The van der Waals surface area contributed by atoms with Crippen LogP contribution in [0.1, 0.15) is 37.7 Å². The molecule has 0 radical (unpaired) electrons. The highest BCUT2D eigenvalue weighted by atomic mass is 35.5. The first-order valence-corrected chi connectivity index (χ1v) is 8.62. The van der Waals surface area contributed by atoms with Crippen molar-refractivity contribution in [2.75, 3.05) is 5.32 Å². The molecule has 6 heteroatoms. The topological polar surface area (TPSA) is 74.8 Å². The van der Waals surface area contributed by atoms with E-state index in [1.165, 1.54) is 12.8 Å². The van der Waals surface area contributed by atoms with E-state index in [1.54, 1.807) is 6.07 Å². The molecule has 1 saturated heterocycles. The Bertz CT molecular complexity index is 620. The second-order valence-electron chi connectivity index (χ2n) is 6.58. The second-order valence-corrected chi connectivity index (χ2v) is 6.99. The lowest BCUT2D eigenvalue weighted by Crippen LogP contribution is -3.03. The van der Waals surface area contributed by atoms with E-state index in [0.717, 1.165) is 18.4 Å².